The summed E-state index contributed by atoms with van der Waals surface area (Å²) in [6.45, 7) is 6.30. The maximum Gasteiger partial charge on any atom is 0.220 e. The predicted octanol–water partition coefficient (Wildman–Crippen LogP) is 1.58. The lowest BCUT2D eigenvalue weighted by atomic mass is 9.78. The minimum atomic E-state index is -0.260. The molecular weight excluding hydrogens is 230 g/mol. The first-order chi connectivity index (χ1) is 8.60. The molecule has 0 aromatic heterocycles. The molecule has 0 aromatic rings. The van der Waals surface area contributed by atoms with Gasteiger partial charge in [0.05, 0.1) is 12.2 Å². The number of methoxy groups -OCH3 is 1. The van der Waals surface area contributed by atoms with Gasteiger partial charge in [0, 0.05) is 13.0 Å². The van der Waals surface area contributed by atoms with Gasteiger partial charge < -0.3 is 15.2 Å². The fourth-order valence-electron chi connectivity index (χ4n) is 2.34. The Morgan fingerprint density at radius 1 is 1.44 bits per heavy atom. The highest BCUT2D eigenvalue weighted by Gasteiger charge is 2.38. The highest BCUT2D eigenvalue weighted by atomic mass is 16.5. The fourth-order valence-corrected chi connectivity index (χ4v) is 2.34. The van der Waals surface area contributed by atoms with E-state index in [0.717, 1.165) is 6.42 Å². The SMILES string of the molecule is C#CCOC1C(C)CC(C(N)=O)CC1OC.CC. The Balaban J connectivity index is 0.00000137. The normalized spacial score (nSPS) is 30.8. The molecular formula is C14H25NO3. The Hall–Kier alpha value is -1.05. The highest BCUT2D eigenvalue weighted by Crippen LogP contribution is 2.32. The Morgan fingerprint density at radius 2 is 2.06 bits per heavy atom. The van der Waals surface area contributed by atoms with Gasteiger partial charge in [-0.2, -0.15) is 0 Å². The van der Waals surface area contributed by atoms with Gasteiger partial charge in [-0.15, -0.1) is 6.42 Å². The van der Waals surface area contributed by atoms with E-state index < -0.39 is 0 Å². The second kappa shape index (κ2) is 8.96. The van der Waals surface area contributed by atoms with E-state index >= 15 is 0 Å². The van der Waals surface area contributed by atoms with E-state index in [9.17, 15) is 4.79 Å². The molecule has 104 valence electrons. The van der Waals surface area contributed by atoms with Crippen molar-refractivity contribution >= 4 is 5.91 Å². The van der Waals surface area contributed by atoms with Gasteiger partial charge in [-0.05, 0) is 18.8 Å². The lowest BCUT2D eigenvalue weighted by Crippen LogP contribution is -2.45. The monoisotopic (exact) mass is 255 g/mol. The molecule has 0 saturated heterocycles. The molecule has 18 heavy (non-hydrogen) atoms. The first kappa shape index (κ1) is 16.9. The van der Waals surface area contributed by atoms with E-state index in [1.54, 1.807) is 7.11 Å². The van der Waals surface area contributed by atoms with Crippen LogP contribution in [-0.4, -0.2) is 31.8 Å². The second-order valence-corrected chi connectivity index (χ2v) is 4.30. The van der Waals surface area contributed by atoms with Crippen molar-refractivity contribution in [1.29, 1.82) is 0 Å². The van der Waals surface area contributed by atoms with Crippen molar-refractivity contribution < 1.29 is 14.3 Å². The molecule has 0 aromatic carbocycles. The van der Waals surface area contributed by atoms with Crippen LogP contribution in [0.5, 0.6) is 0 Å². The van der Waals surface area contributed by atoms with Crippen LogP contribution in [0.2, 0.25) is 0 Å². The molecule has 0 spiro atoms. The summed E-state index contributed by atoms with van der Waals surface area (Å²) < 4.78 is 10.9. The van der Waals surface area contributed by atoms with Crippen LogP contribution in [0.4, 0.5) is 0 Å². The molecule has 4 atom stereocenters. The third-order valence-electron chi connectivity index (χ3n) is 3.16. The van der Waals surface area contributed by atoms with Gasteiger partial charge in [0.15, 0.2) is 0 Å². The lowest BCUT2D eigenvalue weighted by Gasteiger charge is -2.38. The number of carbonyl (C=O) groups excluding carboxylic acids is 1. The van der Waals surface area contributed by atoms with Gasteiger partial charge in [-0.3, -0.25) is 4.79 Å². The molecule has 1 amide bonds. The van der Waals surface area contributed by atoms with Crippen molar-refractivity contribution in [3.8, 4) is 12.3 Å². The number of hydrogen-bond acceptors (Lipinski definition) is 3. The van der Waals surface area contributed by atoms with E-state index in [2.05, 4.69) is 5.92 Å². The number of terminal acetylenes is 1. The second-order valence-electron chi connectivity index (χ2n) is 4.30. The third kappa shape index (κ3) is 4.67. The Bertz CT molecular complexity index is 285. The number of rotatable bonds is 4. The van der Waals surface area contributed by atoms with Crippen LogP contribution < -0.4 is 5.73 Å². The molecule has 1 fully saturated rings. The van der Waals surface area contributed by atoms with Crippen LogP contribution in [0, 0.1) is 24.2 Å². The van der Waals surface area contributed by atoms with Crippen molar-refractivity contribution in [1.82, 2.24) is 0 Å². The van der Waals surface area contributed by atoms with Crippen LogP contribution >= 0.6 is 0 Å². The van der Waals surface area contributed by atoms with E-state index in [0.29, 0.717) is 6.42 Å². The molecule has 4 nitrogen and oxygen atoms in total. The summed E-state index contributed by atoms with van der Waals surface area (Å²) in [5, 5.41) is 0. The largest absolute Gasteiger partial charge is 0.379 e. The summed E-state index contributed by atoms with van der Waals surface area (Å²) in [5.41, 5.74) is 5.32. The zero-order valence-corrected chi connectivity index (χ0v) is 11.8. The Labute approximate surface area is 110 Å². The highest BCUT2D eigenvalue weighted by molar-refractivity contribution is 5.76. The Morgan fingerprint density at radius 3 is 2.50 bits per heavy atom. The van der Waals surface area contributed by atoms with Crippen molar-refractivity contribution in [2.75, 3.05) is 13.7 Å². The molecule has 0 heterocycles. The smallest absolute Gasteiger partial charge is 0.220 e. The topological polar surface area (TPSA) is 61.5 Å². The lowest BCUT2D eigenvalue weighted by molar-refractivity contribution is -0.134. The molecule has 1 aliphatic rings. The first-order valence-corrected chi connectivity index (χ1v) is 6.47. The summed E-state index contributed by atoms with van der Waals surface area (Å²) >= 11 is 0. The van der Waals surface area contributed by atoms with Gasteiger partial charge in [0.2, 0.25) is 5.91 Å². The van der Waals surface area contributed by atoms with Crippen LogP contribution in [0.25, 0.3) is 0 Å². The fraction of sp³-hybridized carbons (Fsp3) is 0.786. The van der Waals surface area contributed by atoms with Gasteiger partial charge in [-0.1, -0.05) is 26.7 Å². The van der Waals surface area contributed by atoms with Gasteiger partial charge >= 0.3 is 0 Å². The maximum absolute atomic E-state index is 11.2. The van der Waals surface area contributed by atoms with Crippen LogP contribution in [-0.2, 0) is 14.3 Å². The van der Waals surface area contributed by atoms with E-state index in [4.69, 9.17) is 21.6 Å². The standard InChI is InChI=1S/C12H19NO3.C2H6/c1-4-5-16-11-8(2)6-9(12(13)14)7-10(11)15-3;1-2/h1,8-11H,5-7H2,2-3H3,(H2,13,14);1-2H3. The minimum Gasteiger partial charge on any atom is -0.379 e. The number of ether oxygens (including phenoxy) is 2. The maximum atomic E-state index is 11.2. The number of amides is 1. The van der Waals surface area contributed by atoms with Gasteiger partial charge in [0.1, 0.15) is 6.61 Å². The van der Waals surface area contributed by atoms with E-state index in [-0.39, 0.29) is 36.6 Å². The molecule has 0 radical (unpaired) electrons. The molecule has 1 rings (SSSR count). The van der Waals surface area contributed by atoms with Gasteiger partial charge in [-0.25, -0.2) is 0 Å². The molecule has 4 unspecified atom stereocenters. The van der Waals surface area contributed by atoms with Crippen molar-refractivity contribution in [2.45, 2.75) is 45.8 Å². The molecule has 2 N–H and O–H groups in total. The average molecular weight is 255 g/mol. The summed E-state index contributed by atoms with van der Waals surface area (Å²) in [4.78, 5) is 11.2. The van der Waals surface area contributed by atoms with Gasteiger partial charge in [0.25, 0.3) is 0 Å². The number of primary amides is 1. The van der Waals surface area contributed by atoms with Crippen molar-refractivity contribution in [3.63, 3.8) is 0 Å². The van der Waals surface area contributed by atoms with Crippen LogP contribution in [0.3, 0.4) is 0 Å². The van der Waals surface area contributed by atoms with Crippen LogP contribution in [0.15, 0.2) is 0 Å². The summed E-state index contributed by atoms with van der Waals surface area (Å²) in [7, 11) is 1.62. The summed E-state index contributed by atoms with van der Waals surface area (Å²) in [6, 6.07) is 0. The van der Waals surface area contributed by atoms with Crippen LogP contribution in [0.1, 0.15) is 33.6 Å². The summed E-state index contributed by atoms with van der Waals surface area (Å²) in [6.07, 6.45) is 6.37. The van der Waals surface area contributed by atoms with E-state index in [1.165, 1.54) is 0 Å². The number of nitrogens with two attached hydrogens (primary N) is 1. The summed E-state index contributed by atoms with van der Waals surface area (Å²) in [5.74, 6) is 2.29. The molecule has 1 aliphatic carbocycles. The quantitative estimate of drug-likeness (QED) is 0.776. The molecule has 0 aliphatic heterocycles. The Kier molecular flexibility index (Phi) is 8.43. The number of hydrogen-bond donors (Lipinski definition) is 1. The molecule has 1 saturated carbocycles. The van der Waals surface area contributed by atoms with Crippen molar-refractivity contribution in [2.24, 2.45) is 17.6 Å². The third-order valence-corrected chi connectivity index (χ3v) is 3.16. The minimum absolute atomic E-state index is 0.0448. The zero-order chi connectivity index (χ0) is 14.1. The van der Waals surface area contributed by atoms with Crippen molar-refractivity contribution in [3.05, 3.63) is 0 Å². The predicted molar refractivity (Wildman–Crippen MR) is 71.8 cm³/mol. The first-order valence-electron chi connectivity index (χ1n) is 6.47. The van der Waals surface area contributed by atoms with E-state index in [1.807, 2.05) is 20.8 Å². The zero-order valence-electron chi connectivity index (χ0n) is 11.8. The number of carbonyl (C=O) groups is 1. The molecule has 0 bridgehead atoms. The average Bonchev–Trinajstić information content (AvgIpc) is 2.38. The molecule has 4 heteroatoms.